The molecule has 0 spiro atoms. The molecule has 0 aliphatic heterocycles. The molecule has 11 heavy (non-hydrogen) atoms. The summed E-state index contributed by atoms with van der Waals surface area (Å²) in [6, 6.07) is 0.449. The van der Waals surface area contributed by atoms with Crippen LogP contribution in [0.25, 0.3) is 0 Å². The topological polar surface area (TPSA) is 38.0 Å². The molecule has 1 unspecified atom stereocenters. The smallest absolute Gasteiger partial charge is 0.00792 e. The normalized spacial score (nSPS) is 22.4. The molecular weight excluding hydrogens is 136 g/mol. The highest BCUT2D eigenvalue weighted by Crippen LogP contribution is 2.27. The van der Waals surface area contributed by atoms with Crippen LogP contribution in [0.15, 0.2) is 0 Å². The summed E-state index contributed by atoms with van der Waals surface area (Å²) >= 11 is 0. The lowest BCUT2D eigenvalue weighted by molar-refractivity contribution is 0.406. The Hall–Kier alpha value is -0.0800. The van der Waals surface area contributed by atoms with Crippen molar-refractivity contribution in [3.8, 4) is 0 Å². The monoisotopic (exact) mass is 156 g/mol. The molecule has 0 amide bonds. The van der Waals surface area contributed by atoms with Gasteiger partial charge in [-0.25, -0.2) is 0 Å². The fraction of sp³-hybridized carbons (Fsp3) is 1.00. The van der Waals surface area contributed by atoms with E-state index >= 15 is 0 Å². The molecule has 66 valence electrons. The average molecular weight is 156 g/mol. The van der Waals surface area contributed by atoms with Crippen molar-refractivity contribution in [3.05, 3.63) is 0 Å². The SMILES string of the molecule is CNCCC(N)C1CCCC1. The lowest BCUT2D eigenvalue weighted by Gasteiger charge is -2.17. The molecule has 0 bridgehead atoms. The highest BCUT2D eigenvalue weighted by molar-refractivity contribution is 4.77. The van der Waals surface area contributed by atoms with E-state index in [2.05, 4.69) is 5.32 Å². The van der Waals surface area contributed by atoms with Crippen molar-refractivity contribution < 1.29 is 0 Å². The molecule has 0 aromatic heterocycles. The predicted octanol–water partition coefficient (Wildman–Crippen LogP) is 1.11. The Morgan fingerprint density at radius 3 is 2.64 bits per heavy atom. The molecule has 0 heterocycles. The highest BCUT2D eigenvalue weighted by Gasteiger charge is 2.20. The van der Waals surface area contributed by atoms with Crippen LogP contribution < -0.4 is 11.1 Å². The van der Waals surface area contributed by atoms with Crippen LogP contribution >= 0.6 is 0 Å². The van der Waals surface area contributed by atoms with Gasteiger partial charge in [0.2, 0.25) is 0 Å². The van der Waals surface area contributed by atoms with E-state index in [0.717, 1.165) is 18.9 Å². The van der Waals surface area contributed by atoms with Crippen LogP contribution in [0.3, 0.4) is 0 Å². The Morgan fingerprint density at radius 2 is 2.09 bits per heavy atom. The van der Waals surface area contributed by atoms with Crippen LogP contribution in [0.2, 0.25) is 0 Å². The summed E-state index contributed by atoms with van der Waals surface area (Å²) in [5, 5.41) is 3.14. The molecule has 0 aromatic carbocycles. The summed E-state index contributed by atoms with van der Waals surface area (Å²) in [7, 11) is 1.99. The van der Waals surface area contributed by atoms with Gasteiger partial charge in [0.25, 0.3) is 0 Å². The van der Waals surface area contributed by atoms with Gasteiger partial charge >= 0.3 is 0 Å². The van der Waals surface area contributed by atoms with E-state index in [1.807, 2.05) is 7.05 Å². The molecule has 1 aliphatic rings. The third-order valence-corrected chi connectivity index (χ3v) is 2.73. The van der Waals surface area contributed by atoms with Crippen LogP contribution in [0.5, 0.6) is 0 Å². The third-order valence-electron chi connectivity index (χ3n) is 2.73. The molecule has 3 N–H and O–H groups in total. The fourth-order valence-corrected chi connectivity index (χ4v) is 1.93. The first kappa shape index (κ1) is 9.01. The first-order valence-corrected chi connectivity index (χ1v) is 4.74. The minimum absolute atomic E-state index is 0.449. The summed E-state index contributed by atoms with van der Waals surface area (Å²) in [4.78, 5) is 0. The molecule has 2 heteroatoms. The van der Waals surface area contributed by atoms with Gasteiger partial charge in [-0.05, 0) is 38.8 Å². The Kier molecular flexibility index (Phi) is 3.87. The summed E-state index contributed by atoms with van der Waals surface area (Å²) in [6.45, 7) is 1.07. The molecular formula is C9H20N2. The zero-order valence-electron chi connectivity index (χ0n) is 7.47. The van der Waals surface area contributed by atoms with Crippen molar-refractivity contribution >= 4 is 0 Å². The van der Waals surface area contributed by atoms with E-state index in [1.54, 1.807) is 0 Å². The van der Waals surface area contributed by atoms with Crippen LogP contribution in [-0.2, 0) is 0 Å². The lowest BCUT2D eigenvalue weighted by atomic mass is 9.96. The molecule has 1 saturated carbocycles. The van der Waals surface area contributed by atoms with Crippen LogP contribution in [0.1, 0.15) is 32.1 Å². The Morgan fingerprint density at radius 1 is 1.45 bits per heavy atom. The van der Waals surface area contributed by atoms with Crippen molar-refractivity contribution in [2.75, 3.05) is 13.6 Å². The van der Waals surface area contributed by atoms with Gasteiger partial charge in [0, 0.05) is 6.04 Å². The second kappa shape index (κ2) is 4.73. The summed E-state index contributed by atoms with van der Waals surface area (Å²) in [5.41, 5.74) is 6.03. The van der Waals surface area contributed by atoms with E-state index in [0.29, 0.717) is 6.04 Å². The van der Waals surface area contributed by atoms with Crippen LogP contribution in [0.4, 0.5) is 0 Å². The largest absolute Gasteiger partial charge is 0.327 e. The summed E-state index contributed by atoms with van der Waals surface area (Å²) in [5.74, 6) is 0.823. The summed E-state index contributed by atoms with van der Waals surface area (Å²) in [6.07, 6.45) is 6.67. The van der Waals surface area contributed by atoms with Crippen LogP contribution in [0, 0.1) is 5.92 Å². The van der Waals surface area contributed by atoms with Crippen molar-refractivity contribution in [2.45, 2.75) is 38.1 Å². The Bertz CT molecular complexity index is 97.7. The standard InChI is InChI=1S/C9H20N2/c1-11-7-6-9(10)8-4-2-3-5-8/h8-9,11H,2-7,10H2,1H3. The maximum atomic E-state index is 6.03. The molecule has 2 nitrogen and oxygen atoms in total. The Balaban J connectivity index is 2.12. The van der Waals surface area contributed by atoms with E-state index in [-0.39, 0.29) is 0 Å². The van der Waals surface area contributed by atoms with Gasteiger partial charge in [-0.3, -0.25) is 0 Å². The van der Waals surface area contributed by atoms with Crippen molar-refractivity contribution in [1.82, 2.24) is 5.32 Å². The third kappa shape index (κ3) is 2.80. The predicted molar refractivity (Wildman–Crippen MR) is 48.5 cm³/mol. The minimum Gasteiger partial charge on any atom is -0.327 e. The second-order valence-corrected chi connectivity index (χ2v) is 3.60. The second-order valence-electron chi connectivity index (χ2n) is 3.60. The summed E-state index contributed by atoms with van der Waals surface area (Å²) < 4.78 is 0. The lowest BCUT2D eigenvalue weighted by Crippen LogP contribution is -2.31. The van der Waals surface area contributed by atoms with Crippen molar-refractivity contribution in [1.29, 1.82) is 0 Å². The van der Waals surface area contributed by atoms with Gasteiger partial charge in [0.1, 0.15) is 0 Å². The molecule has 0 radical (unpaired) electrons. The average Bonchev–Trinajstić information content (AvgIpc) is 2.52. The quantitative estimate of drug-likeness (QED) is 0.640. The number of nitrogens with one attached hydrogen (secondary N) is 1. The van der Waals surface area contributed by atoms with Gasteiger partial charge in [-0.1, -0.05) is 12.8 Å². The van der Waals surface area contributed by atoms with Crippen molar-refractivity contribution in [3.63, 3.8) is 0 Å². The number of nitrogens with two attached hydrogens (primary N) is 1. The maximum Gasteiger partial charge on any atom is 0.00792 e. The van der Waals surface area contributed by atoms with Gasteiger partial charge in [0.05, 0.1) is 0 Å². The first-order valence-electron chi connectivity index (χ1n) is 4.74. The maximum absolute atomic E-state index is 6.03. The van der Waals surface area contributed by atoms with E-state index < -0.39 is 0 Å². The zero-order valence-corrected chi connectivity index (χ0v) is 7.47. The Labute approximate surface area is 69.5 Å². The van der Waals surface area contributed by atoms with Gasteiger partial charge in [0.15, 0.2) is 0 Å². The molecule has 0 aromatic rings. The number of rotatable bonds is 4. The molecule has 1 rings (SSSR count). The highest BCUT2D eigenvalue weighted by atomic mass is 14.8. The van der Waals surface area contributed by atoms with E-state index in [9.17, 15) is 0 Å². The van der Waals surface area contributed by atoms with Crippen LogP contribution in [-0.4, -0.2) is 19.6 Å². The molecule has 1 aliphatic carbocycles. The zero-order chi connectivity index (χ0) is 8.10. The van der Waals surface area contributed by atoms with Gasteiger partial charge < -0.3 is 11.1 Å². The number of hydrogen-bond donors (Lipinski definition) is 2. The van der Waals surface area contributed by atoms with E-state index in [4.69, 9.17) is 5.73 Å². The minimum atomic E-state index is 0.449. The van der Waals surface area contributed by atoms with Crippen molar-refractivity contribution in [2.24, 2.45) is 11.7 Å². The van der Waals surface area contributed by atoms with Gasteiger partial charge in [-0.15, -0.1) is 0 Å². The first-order chi connectivity index (χ1) is 5.34. The van der Waals surface area contributed by atoms with Gasteiger partial charge in [-0.2, -0.15) is 0 Å². The molecule has 1 atom stereocenters. The van der Waals surface area contributed by atoms with E-state index in [1.165, 1.54) is 25.7 Å². The number of hydrogen-bond acceptors (Lipinski definition) is 2. The fourth-order valence-electron chi connectivity index (χ4n) is 1.93. The molecule has 1 fully saturated rings. The molecule has 0 saturated heterocycles.